The predicted molar refractivity (Wildman–Crippen MR) is 94.2 cm³/mol. The van der Waals surface area contributed by atoms with Crippen LogP contribution in [0.2, 0.25) is 5.02 Å². The number of hydrogen-bond donors (Lipinski definition) is 0. The second kappa shape index (κ2) is 8.99. The Labute approximate surface area is 159 Å². The molecule has 0 spiro atoms. The molecule has 1 atom stereocenters. The van der Waals surface area contributed by atoms with Crippen LogP contribution in [0.15, 0.2) is 18.2 Å². The largest absolute Gasteiger partial charge is 0.468 e. The van der Waals surface area contributed by atoms with E-state index in [4.69, 9.17) is 11.6 Å². The van der Waals surface area contributed by atoms with Gasteiger partial charge in [-0.3, -0.25) is 9.59 Å². The summed E-state index contributed by atoms with van der Waals surface area (Å²) in [7, 11) is 1.33. The van der Waals surface area contributed by atoms with Gasteiger partial charge in [-0.15, -0.1) is 11.8 Å². The minimum atomic E-state index is -4.52. The van der Waals surface area contributed by atoms with Crippen molar-refractivity contribution in [3.05, 3.63) is 34.3 Å². The fourth-order valence-electron chi connectivity index (χ4n) is 2.69. The number of carbonyl (C=O) groups excluding carboxylic acids is 2. The van der Waals surface area contributed by atoms with E-state index >= 15 is 0 Å². The zero-order valence-corrected chi connectivity index (χ0v) is 15.7. The lowest BCUT2D eigenvalue weighted by Gasteiger charge is -2.17. The molecule has 9 heteroatoms. The molecule has 1 heterocycles. The first-order chi connectivity index (χ1) is 12.2. The van der Waals surface area contributed by atoms with Gasteiger partial charge >= 0.3 is 12.1 Å². The van der Waals surface area contributed by atoms with E-state index in [2.05, 4.69) is 4.74 Å². The van der Waals surface area contributed by atoms with E-state index < -0.39 is 11.7 Å². The average molecular weight is 410 g/mol. The van der Waals surface area contributed by atoms with Crippen molar-refractivity contribution < 1.29 is 27.5 Å². The summed E-state index contributed by atoms with van der Waals surface area (Å²) in [6.07, 6.45) is -3.38. The number of esters is 1. The number of rotatable bonds is 6. The molecule has 4 nitrogen and oxygen atoms in total. The molecule has 144 valence electrons. The van der Waals surface area contributed by atoms with Crippen molar-refractivity contribution in [3.63, 3.8) is 0 Å². The summed E-state index contributed by atoms with van der Waals surface area (Å²) in [5.41, 5.74) is -0.463. The standard InChI is InChI=1S/C17H19ClF3NO3S/c1-25-16(24)10-26-12-6-7-22(9-12)15(23)5-3-11-2-4-14(18)13(8-11)17(19,20)21/h2,4,8,12H,3,5-7,9-10H2,1H3. The van der Waals surface area contributed by atoms with Crippen LogP contribution in [0.1, 0.15) is 24.0 Å². The van der Waals surface area contributed by atoms with Crippen molar-refractivity contribution in [2.24, 2.45) is 0 Å². The lowest BCUT2D eigenvalue weighted by molar-refractivity contribution is -0.138. The van der Waals surface area contributed by atoms with Crippen molar-refractivity contribution in [1.29, 1.82) is 0 Å². The summed E-state index contributed by atoms with van der Waals surface area (Å²) < 4.78 is 43.2. The topological polar surface area (TPSA) is 46.6 Å². The van der Waals surface area contributed by atoms with Crippen LogP contribution >= 0.6 is 23.4 Å². The van der Waals surface area contributed by atoms with Crippen LogP contribution in [0.3, 0.4) is 0 Å². The summed E-state index contributed by atoms with van der Waals surface area (Å²) in [5, 5.41) is -0.178. The Bertz CT molecular complexity index is 669. The quantitative estimate of drug-likeness (QED) is 0.670. The van der Waals surface area contributed by atoms with E-state index in [1.807, 2.05) is 0 Å². The number of carbonyl (C=O) groups is 2. The highest BCUT2D eigenvalue weighted by molar-refractivity contribution is 8.00. The summed E-state index contributed by atoms with van der Waals surface area (Å²) in [4.78, 5) is 25.1. The van der Waals surface area contributed by atoms with Crippen LogP contribution in [0, 0.1) is 0 Å². The molecule has 2 rings (SSSR count). The van der Waals surface area contributed by atoms with Crippen molar-refractivity contribution in [1.82, 2.24) is 4.90 Å². The number of halogens is 4. The summed E-state index contributed by atoms with van der Waals surface area (Å²) in [6, 6.07) is 3.71. The van der Waals surface area contributed by atoms with Gasteiger partial charge in [0.25, 0.3) is 0 Å². The van der Waals surface area contributed by atoms with Crippen molar-refractivity contribution >= 4 is 35.2 Å². The first kappa shape index (κ1) is 20.9. The van der Waals surface area contributed by atoms with Crippen LogP contribution in [-0.4, -0.2) is 48.0 Å². The van der Waals surface area contributed by atoms with Gasteiger partial charge in [-0.05, 0) is 30.5 Å². The van der Waals surface area contributed by atoms with Crippen molar-refractivity contribution in [3.8, 4) is 0 Å². The van der Waals surface area contributed by atoms with Gasteiger partial charge < -0.3 is 9.64 Å². The Balaban J connectivity index is 1.85. The zero-order chi connectivity index (χ0) is 19.3. The smallest absolute Gasteiger partial charge is 0.417 e. The van der Waals surface area contributed by atoms with Crippen LogP contribution in [-0.2, 0) is 26.9 Å². The Morgan fingerprint density at radius 3 is 2.77 bits per heavy atom. The fraction of sp³-hybridized carbons (Fsp3) is 0.529. The van der Waals surface area contributed by atoms with Gasteiger partial charge in [0.1, 0.15) is 0 Å². The number of methoxy groups -OCH3 is 1. The molecule has 1 aliphatic heterocycles. The molecule has 1 fully saturated rings. The number of benzene rings is 1. The molecule has 1 aliphatic rings. The van der Waals surface area contributed by atoms with Crippen molar-refractivity contribution in [2.75, 3.05) is 26.0 Å². The molecular formula is C17H19ClF3NO3S. The lowest BCUT2D eigenvalue weighted by Crippen LogP contribution is -2.29. The van der Waals surface area contributed by atoms with Gasteiger partial charge in [-0.25, -0.2) is 0 Å². The Kier molecular flexibility index (Phi) is 7.23. The normalized spacial score (nSPS) is 17.4. The van der Waals surface area contributed by atoms with E-state index in [1.165, 1.54) is 31.0 Å². The Morgan fingerprint density at radius 2 is 2.12 bits per heavy atom. The highest BCUT2D eigenvalue weighted by atomic mass is 35.5. The Morgan fingerprint density at radius 1 is 1.38 bits per heavy atom. The number of hydrogen-bond acceptors (Lipinski definition) is 4. The second-order valence-electron chi connectivity index (χ2n) is 5.95. The number of nitrogens with zero attached hydrogens (tertiary/aromatic N) is 1. The van der Waals surface area contributed by atoms with Gasteiger partial charge in [0.2, 0.25) is 5.91 Å². The summed E-state index contributed by atoms with van der Waals surface area (Å²) >= 11 is 7.05. The average Bonchev–Trinajstić information content (AvgIpc) is 3.06. The highest BCUT2D eigenvalue weighted by Crippen LogP contribution is 2.35. The van der Waals surface area contributed by atoms with Crippen LogP contribution in [0.25, 0.3) is 0 Å². The molecule has 1 saturated heterocycles. The number of amides is 1. The maximum absolute atomic E-state index is 12.9. The first-order valence-electron chi connectivity index (χ1n) is 8.02. The lowest BCUT2D eigenvalue weighted by atomic mass is 10.1. The molecule has 1 amide bonds. The molecule has 1 aromatic carbocycles. The van der Waals surface area contributed by atoms with Crippen LogP contribution in [0.4, 0.5) is 13.2 Å². The van der Waals surface area contributed by atoms with Crippen molar-refractivity contribution in [2.45, 2.75) is 30.7 Å². The summed E-state index contributed by atoms with van der Waals surface area (Å²) in [6.45, 7) is 1.13. The molecular weight excluding hydrogens is 391 g/mol. The molecule has 1 aromatic rings. The van der Waals surface area contributed by atoms with Gasteiger partial charge in [-0.1, -0.05) is 17.7 Å². The Hall–Kier alpha value is -1.41. The van der Waals surface area contributed by atoms with E-state index in [-0.39, 0.29) is 40.7 Å². The molecule has 0 aliphatic carbocycles. The van der Waals surface area contributed by atoms with Gasteiger partial charge in [-0.2, -0.15) is 13.2 Å². The molecule has 26 heavy (non-hydrogen) atoms. The summed E-state index contributed by atoms with van der Waals surface area (Å²) in [5.74, 6) is -0.161. The molecule has 0 saturated carbocycles. The molecule has 0 radical (unpaired) electrons. The highest BCUT2D eigenvalue weighted by Gasteiger charge is 2.33. The van der Waals surface area contributed by atoms with E-state index in [9.17, 15) is 22.8 Å². The SMILES string of the molecule is COC(=O)CSC1CCN(C(=O)CCc2ccc(Cl)c(C(F)(F)F)c2)C1. The number of alkyl halides is 3. The van der Waals surface area contributed by atoms with Gasteiger partial charge in [0, 0.05) is 24.8 Å². The maximum Gasteiger partial charge on any atom is 0.417 e. The second-order valence-corrected chi connectivity index (χ2v) is 7.65. The van der Waals surface area contributed by atoms with E-state index in [0.29, 0.717) is 18.7 Å². The van der Waals surface area contributed by atoms with Gasteiger partial charge in [0.15, 0.2) is 0 Å². The van der Waals surface area contributed by atoms with Crippen LogP contribution < -0.4 is 0 Å². The number of thioether (sulfide) groups is 1. The maximum atomic E-state index is 12.9. The number of ether oxygens (including phenoxy) is 1. The minimum Gasteiger partial charge on any atom is -0.468 e. The molecule has 0 aromatic heterocycles. The fourth-order valence-corrected chi connectivity index (χ4v) is 3.96. The number of likely N-dealkylation sites (tertiary alicyclic amines) is 1. The van der Waals surface area contributed by atoms with Crippen LogP contribution in [0.5, 0.6) is 0 Å². The minimum absolute atomic E-state index is 0.102. The third-order valence-electron chi connectivity index (χ3n) is 4.13. The first-order valence-corrected chi connectivity index (χ1v) is 9.45. The molecule has 1 unspecified atom stereocenters. The number of aryl methyl sites for hydroxylation is 1. The van der Waals surface area contributed by atoms with E-state index in [1.54, 1.807) is 4.90 Å². The molecule has 0 bridgehead atoms. The molecule has 0 N–H and O–H groups in total. The van der Waals surface area contributed by atoms with Gasteiger partial charge in [0.05, 0.1) is 23.4 Å². The third-order valence-corrected chi connectivity index (χ3v) is 5.71. The monoisotopic (exact) mass is 409 g/mol. The van der Waals surface area contributed by atoms with E-state index in [0.717, 1.165) is 12.5 Å². The zero-order valence-electron chi connectivity index (χ0n) is 14.1. The predicted octanol–water partition coefficient (Wildman–Crippen LogP) is 3.80. The third kappa shape index (κ3) is 5.81.